The number of carboxylic acids is 1. The molecule has 0 aliphatic rings. The molecule has 0 aliphatic carbocycles. The number of alkyl halides is 3. The van der Waals surface area contributed by atoms with Gasteiger partial charge in [-0.2, -0.15) is 13.2 Å². The van der Waals surface area contributed by atoms with Gasteiger partial charge in [0, 0.05) is 24.4 Å². The summed E-state index contributed by atoms with van der Waals surface area (Å²) in [6.45, 7) is -1.22. The maximum atomic E-state index is 13.1. The number of hydrogen-bond donors (Lipinski definition) is 1. The first-order chi connectivity index (χ1) is 8.69. The number of carbonyl (C=O) groups is 1. The van der Waals surface area contributed by atoms with Gasteiger partial charge in [0.2, 0.25) is 0 Å². The van der Waals surface area contributed by atoms with Crippen molar-refractivity contribution >= 4 is 17.7 Å². The normalized spacial score (nSPS) is 11.8. The summed E-state index contributed by atoms with van der Waals surface area (Å²) in [6, 6.07) is 3.16. The fourth-order valence-electron chi connectivity index (χ4n) is 1.52. The van der Waals surface area contributed by atoms with Gasteiger partial charge in [-0.3, -0.25) is 0 Å². The summed E-state index contributed by atoms with van der Waals surface area (Å²) in [6.07, 6.45) is -2.62. The lowest BCUT2D eigenvalue weighted by Crippen LogP contribution is -2.31. The van der Waals surface area contributed by atoms with Crippen LogP contribution in [0.25, 0.3) is 6.08 Å². The summed E-state index contributed by atoms with van der Waals surface area (Å²) in [5.41, 5.74) is 0.158. The van der Waals surface area contributed by atoms with Crippen LogP contribution in [0.1, 0.15) is 5.56 Å². The Morgan fingerprint density at radius 1 is 1.42 bits per heavy atom. The molecule has 0 aliphatic heterocycles. The Hall–Kier alpha value is -2.05. The van der Waals surface area contributed by atoms with E-state index in [0.717, 1.165) is 29.2 Å². The zero-order valence-electron chi connectivity index (χ0n) is 9.91. The van der Waals surface area contributed by atoms with Gasteiger partial charge in [0.25, 0.3) is 0 Å². The van der Waals surface area contributed by atoms with E-state index >= 15 is 0 Å². The minimum atomic E-state index is -4.41. The van der Waals surface area contributed by atoms with Gasteiger partial charge in [-0.05, 0) is 24.3 Å². The third kappa shape index (κ3) is 4.99. The van der Waals surface area contributed by atoms with Crippen LogP contribution in [-0.4, -0.2) is 30.8 Å². The lowest BCUT2D eigenvalue weighted by molar-refractivity contribution is -0.131. The smallest absolute Gasteiger partial charge is 0.405 e. The van der Waals surface area contributed by atoms with Gasteiger partial charge in [-0.1, -0.05) is 0 Å². The lowest BCUT2D eigenvalue weighted by atomic mass is 10.1. The van der Waals surface area contributed by atoms with Crippen molar-refractivity contribution in [2.24, 2.45) is 0 Å². The van der Waals surface area contributed by atoms with Crippen LogP contribution in [0.3, 0.4) is 0 Å². The van der Waals surface area contributed by atoms with Crippen LogP contribution in [0.5, 0.6) is 0 Å². The summed E-state index contributed by atoms with van der Waals surface area (Å²) in [4.78, 5) is 11.3. The summed E-state index contributed by atoms with van der Waals surface area (Å²) in [7, 11) is 1.19. The van der Waals surface area contributed by atoms with Crippen molar-refractivity contribution in [2.45, 2.75) is 6.18 Å². The highest BCUT2D eigenvalue weighted by Gasteiger charge is 2.29. The third-order valence-electron chi connectivity index (χ3n) is 2.22. The Balaban J connectivity index is 3.09. The number of hydrogen-bond acceptors (Lipinski definition) is 2. The van der Waals surface area contributed by atoms with Gasteiger partial charge < -0.3 is 10.0 Å². The Bertz CT molecular complexity index is 497. The van der Waals surface area contributed by atoms with E-state index in [1.54, 1.807) is 0 Å². The zero-order valence-corrected chi connectivity index (χ0v) is 9.91. The molecule has 0 fully saturated rings. The molecule has 1 N–H and O–H groups in total. The van der Waals surface area contributed by atoms with E-state index in [2.05, 4.69) is 0 Å². The summed E-state index contributed by atoms with van der Waals surface area (Å²) >= 11 is 0. The molecule has 0 atom stereocenters. The van der Waals surface area contributed by atoms with Crippen LogP contribution in [0.2, 0.25) is 0 Å². The standard InChI is InChI=1S/C12H11F4NO2/c1-17(7-12(14,15)16)10-4-3-9(13)6-8(10)2-5-11(18)19/h2-6H,7H2,1H3,(H,18,19)/b5-2+. The summed E-state index contributed by atoms with van der Waals surface area (Å²) in [5, 5.41) is 8.49. The van der Waals surface area contributed by atoms with E-state index in [0.29, 0.717) is 0 Å². The number of halogens is 4. The molecule has 1 rings (SSSR count). The van der Waals surface area contributed by atoms with E-state index in [9.17, 15) is 22.4 Å². The van der Waals surface area contributed by atoms with Crippen LogP contribution in [0.15, 0.2) is 24.3 Å². The van der Waals surface area contributed by atoms with E-state index < -0.39 is 24.5 Å². The molecular weight excluding hydrogens is 266 g/mol. The number of benzene rings is 1. The molecule has 1 aromatic carbocycles. The van der Waals surface area contributed by atoms with Crippen molar-refractivity contribution in [3.63, 3.8) is 0 Å². The molecule has 3 nitrogen and oxygen atoms in total. The Morgan fingerprint density at radius 3 is 2.58 bits per heavy atom. The zero-order chi connectivity index (χ0) is 14.6. The van der Waals surface area contributed by atoms with Crippen molar-refractivity contribution in [3.05, 3.63) is 35.7 Å². The van der Waals surface area contributed by atoms with Gasteiger partial charge in [0.05, 0.1) is 0 Å². The Labute approximate surface area is 106 Å². The second-order valence-electron chi connectivity index (χ2n) is 3.85. The fourth-order valence-corrected chi connectivity index (χ4v) is 1.52. The van der Waals surface area contributed by atoms with Crippen molar-refractivity contribution in [2.75, 3.05) is 18.5 Å². The minimum absolute atomic E-state index is 0.0640. The van der Waals surface area contributed by atoms with Gasteiger partial charge in [-0.15, -0.1) is 0 Å². The first kappa shape index (κ1) is 15.0. The predicted molar refractivity (Wildman–Crippen MR) is 62.4 cm³/mol. The number of carboxylic acid groups (broad SMARTS) is 1. The highest BCUT2D eigenvalue weighted by molar-refractivity contribution is 5.87. The molecule has 0 aromatic heterocycles. The molecule has 0 heterocycles. The van der Waals surface area contributed by atoms with Gasteiger partial charge in [-0.25, -0.2) is 9.18 Å². The van der Waals surface area contributed by atoms with Crippen LogP contribution in [-0.2, 0) is 4.79 Å². The molecule has 0 saturated heterocycles. The largest absolute Gasteiger partial charge is 0.478 e. The molecule has 0 amide bonds. The van der Waals surface area contributed by atoms with Crippen molar-refractivity contribution < 1.29 is 27.5 Å². The van der Waals surface area contributed by atoms with E-state index in [1.807, 2.05) is 0 Å². The molecule has 0 radical (unpaired) electrons. The second-order valence-corrected chi connectivity index (χ2v) is 3.85. The van der Waals surface area contributed by atoms with E-state index in [4.69, 9.17) is 5.11 Å². The average Bonchev–Trinajstić information content (AvgIpc) is 2.23. The Kier molecular flexibility index (Phi) is 4.52. The first-order valence-corrected chi connectivity index (χ1v) is 5.17. The summed E-state index contributed by atoms with van der Waals surface area (Å²) in [5.74, 6) is -1.93. The maximum Gasteiger partial charge on any atom is 0.405 e. The van der Waals surface area contributed by atoms with Crippen molar-refractivity contribution in [1.82, 2.24) is 0 Å². The number of aliphatic carboxylic acids is 1. The van der Waals surface area contributed by atoms with E-state index in [-0.39, 0.29) is 11.3 Å². The van der Waals surface area contributed by atoms with Gasteiger partial charge >= 0.3 is 12.1 Å². The van der Waals surface area contributed by atoms with Gasteiger partial charge in [0.15, 0.2) is 0 Å². The molecular formula is C12H11F4NO2. The molecule has 0 bridgehead atoms. The SMILES string of the molecule is CN(CC(F)(F)F)c1ccc(F)cc1/C=C/C(=O)O. The lowest BCUT2D eigenvalue weighted by Gasteiger charge is -2.22. The molecule has 7 heteroatoms. The molecule has 1 aromatic rings. The third-order valence-corrected chi connectivity index (χ3v) is 2.22. The van der Waals surface area contributed by atoms with Crippen molar-refractivity contribution in [1.29, 1.82) is 0 Å². The van der Waals surface area contributed by atoms with Gasteiger partial charge in [0.1, 0.15) is 12.4 Å². The number of anilines is 1. The average molecular weight is 277 g/mol. The Morgan fingerprint density at radius 2 is 2.05 bits per heavy atom. The molecule has 0 spiro atoms. The van der Waals surface area contributed by atoms with E-state index in [1.165, 1.54) is 13.1 Å². The topological polar surface area (TPSA) is 40.5 Å². The fraction of sp³-hybridized carbons (Fsp3) is 0.250. The first-order valence-electron chi connectivity index (χ1n) is 5.17. The minimum Gasteiger partial charge on any atom is -0.478 e. The number of nitrogens with zero attached hydrogens (tertiary/aromatic N) is 1. The molecule has 104 valence electrons. The highest BCUT2D eigenvalue weighted by atomic mass is 19.4. The molecule has 0 unspecified atom stereocenters. The predicted octanol–water partition coefficient (Wildman–Crippen LogP) is 2.92. The summed E-state index contributed by atoms with van der Waals surface area (Å²) < 4.78 is 49.9. The quantitative estimate of drug-likeness (QED) is 0.679. The van der Waals surface area contributed by atoms with Crippen LogP contribution < -0.4 is 4.90 Å². The maximum absolute atomic E-state index is 13.1. The second kappa shape index (κ2) is 5.73. The monoisotopic (exact) mass is 277 g/mol. The number of rotatable bonds is 4. The van der Waals surface area contributed by atoms with Crippen molar-refractivity contribution in [3.8, 4) is 0 Å². The highest BCUT2D eigenvalue weighted by Crippen LogP contribution is 2.25. The van der Waals surface area contributed by atoms with Crippen LogP contribution in [0.4, 0.5) is 23.2 Å². The molecule has 0 saturated carbocycles. The molecule has 19 heavy (non-hydrogen) atoms. The van der Waals surface area contributed by atoms with Crippen LogP contribution in [0, 0.1) is 5.82 Å². The van der Waals surface area contributed by atoms with Crippen LogP contribution >= 0.6 is 0 Å².